The molecule has 0 saturated heterocycles. The zero-order valence-corrected chi connectivity index (χ0v) is 15.5. The topological polar surface area (TPSA) is 0 Å². The molecule has 0 bridgehead atoms. The molecule has 0 radical (unpaired) electrons. The summed E-state index contributed by atoms with van der Waals surface area (Å²) in [6, 6.07) is 0. The average molecular weight is 271 g/mol. The van der Waals surface area contributed by atoms with Gasteiger partial charge in [-0.3, -0.25) is 0 Å². The van der Waals surface area contributed by atoms with E-state index in [1.165, 1.54) is 44.9 Å². The number of hydrogen-bond donors (Lipinski definition) is 0. The Bertz CT molecular complexity index is 182. The van der Waals surface area contributed by atoms with E-state index in [4.69, 9.17) is 0 Å². The Morgan fingerprint density at radius 3 is 1.58 bits per heavy atom. The molecule has 1 aliphatic carbocycles. The highest BCUT2D eigenvalue weighted by atomic mass is 14.4. The van der Waals surface area contributed by atoms with Crippen molar-refractivity contribution in [3.8, 4) is 0 Å². The van der Waals surface area contributed by atoms with Crippen LogP contribution in [0, 0.1) is 16.7 Å². The van der Waals surface area contributed by atoms with Gasteiger partial charge in [0.2, 0.25) is 0 Å². The Morgan fingerprint density at radius 1 is 0.947 bits per heavy atom. The van der Waals surface area contributed by atoms with Crippen LogP contribution in [0.1, 0.15) is 107 Å². The molecule has 0 aliphatic heterocycles. The second-order valence-electron chi connectivity index (χ2n) is 6.99. The quantitative estimate of drug-likeness (QED) is 0.499. The van der Waals surface area contributed by atoms with Crippen LogP contribution in [0.3, 0.4) is 0 Å². The molecule has 0 spiro atoms. The molecule has 118 valence electrons. The van der Waals surface area contributed by atoms with Gasteiger partial charge in [0, 0.05) is 0 Å². The lowest BCUT2D eigenvalue weighted by Crippen LogP contribution is -2.31. The molecule has 0 unspecified atom stereocenters. The molecule has 0 aromatic rings. The molecule has 0 nitrogen and oxygen atoms in total. The summed E-state index contributed by atoms with van der Waals surface area (Å²) in [6.45, 7) is 20.3. The summed E-state index contributed by atoms with van der Waals surface area (Å²) in [4.78, 5) is 0. The minimum absolute atomic E-state index is 0.578. The van der Waals surface area contributed by atoms with Gasteiger partial charge < -0.3 is 0 Å². The van der Waals surface area contributed by atoms with E-state index in [0.29, 0.717) is 10.8 Å². The van der Waals surface area contributed by atoms with Gasteiger partial charge in [-0.1, -0.05) is 81.6 Å². The van der Waals surface area contributed by atoms with Crippen LogP contribution < -0.4 is 0 Å². The van der Waals surface area contributed by atoms with E-state index in [1.807, 2.05) is 13.8 Å². The van der Waals surface area contributed by atoms with Crippen LogP contribution in [0.5, 0.6) is 0 Å². The molecule has 0 aromatic carbocycles. The van der Waals surface area contributed by atoms with Crippen molar-refractivity contribution in [3.63, 3.8) is 0 Å². The lowest BCUT2D eigenvalue weighted by atomic mass is 9.63. The molecule has 19 heavy (non-hydrogen) atoms. The van der Waals surface area contributed by atoms with Gasteiger partial charge >= 0.3 is 0 Å². The molecule has 0 heteroatoms. The predicted molar refractivity (Wildman–Crippen MR) is 91.7 cm³/mol. The summed E-state index contributed by atoms with van der Waals surface area (Å²) in [5.74, 6) is 0.979. The third-order valence-corrected chi connectivity index (χ3v) is 5.06. The van der Waals surface area contributed by atoms with Crippen molar-refractivity contribution in [2.45, 2.75) is 107 Å². The fraction of sp³-hybridized carbons (Fsp3) is 1.00. The highest BCUT2D eigenvalue weighted by Crippen LogP contribution is 2.47. The van der Waals surface area contributed by atoms with Gasteiger partial charge in [-0.25, -0.2) is 0 Å². The van der Waals surface area contributed by atoms with E-state index in [0.717, 1.165) is 5.92 Å². The van der Waals surface area contributed by atoms with E-state index in [9.17, 15) is 0 Å². The summed E-state index contributed by atoms with van der Waals surface area (Å²) < 4.78 is 0. The first-order chi connectivity index (χ1) is 8.85. The van der Waals surface area contributed by atoms with E-state index < -0.39 is 0 Å². The van der Waals surface area contributed by atoms with Crippen molar-refractivity contribution in [1.82, 2.24) is 0 Å². The maximum atomic E-state index is 2.47. The Morgan fingerprint density at radius 2 is 1.32 bits per heavy atom. The molecule has 0 N–H and O–H groups in total. The largest absolute Gasteiger partial charge is 0.0683 e. The maximum absolute atomic E-state index is 2.47. The smallest absolute Gasteiger partial charge is 0.0328 e. The van der Waals surface area contributed by atoms with Gasteiger partial charge in [0.1, 0.15) is 0 Å². The number of rotatable bonds is 3. The second kappa shape index (κ2) is 10.7. The highest BCUT2D eigenvalue weighted by Gasteiger charge is 2.35. The van der Waals surface area contributed by atoms with Crippen molar-refractivity contribution in [2.75, 3.05) is 0 Å². The van der Waals surface area contributed by atoms with Crippen LogP contribution in [0.15, 0.2) is 0 Å². The molecule has 0 heterocycles. The third-order valence-electron chi connectivity index (χ3n) is 5.06. The Balaban J connectivity index is 0. The van der Waals surface area contributed by atoms with Crippen molar-refractivity contribution >= 4 is 0 Å². The second-order valence-corrected chi connectivity index (χ2v) is 6.99. The Labute approximate surface area is 124 Å². The fourth-order valence-corrected chi connectivity index (χ4v) is 2.74. The number of hydrogen-bond acceptors (Lipinski definition) is 0. The molecule has 0 aromatic heterocycles. The van der Waals surface area contributed by atoms with Gasteiger partial charge in [-0.05, 0) is 42.4 Å². The van der Waals surface area contributed by atoms with Crippen molar-refractivity contribution < 1.29 is 0 Å². The van der Waals surface area contributed by atoms with Crippen LogP contribution in [0.4, 0.5) is 0 Å². The van der Waals surface area contributed by atoms with E-state index in [1.54, 1.807) is 0 Å². The van der Waals surface area contributed by atoms with Crippen LogP contribution in [-0.4, -0.2) is 0 Å². The molecule has 0 amide bonds. The van der Waals surface area contributed by atoms with Gasteiger partial charge in [-0.15, -0.1) is 0 Å². The first-order valence-corrected chi connectivity index (χ1v) is 8.85. The minimum Gasteiger partial charge on any atom is -0.0683 e. The normalized spacial score (nSPS) is 26.7. The summed E-state index contributed by atoms with van der Waals surface area (Å²) in [5.41, 5.74) is 1.25. The van der Waals surface area contributed by atoms with Crippen molar-refractivity contribution in [2.24, 2.45) is 16.7 Å². The molecule has 0 atom stereocenters. The lowest BCUT2D eigenvalue weighted by molar-refractivity contribution is 0.0835. The molecule has 1 aliphatic rings. The molecule has 1 rings (SSSR count). The Kier molecular flexibility index (Phi) is 12.0. The first kappa shape index (κ1) is 21.3. The molecule has 1 fully saturated rings. The predicted octanol–water partition coefficient (Wildman–Crippen LogP) is 7.47. The van der Waals surface area contributed by atoms with Crippen molar-refractivity contribution in [3.05, 3.63) is 0 Å². The maximum Gasteiger partial charge on any atom is -0.0328 e. The summed E-state index contributed by atoms with van der Waals surface area (Å²) >= 11 is 0. The van der Waals surface area contributed by atoms with Crippen LogP contribution >= 0.6 is 0 Å². The van der Waals surface area contributed by atoms with Crippen LogP contribution in [0.25, 0.3) is 0 Å². The first-order valence-electron chi connectivity index (χ1n) is 8.85. The average Bonchev–Trinajstić information content (AvgIpc) is 2.42. The van der Waals surface area contributed by atoms with Crippen LogP contribution in [-0.2, 0) is 0 Å². The standard InChI is InChI=1S/C14H28.C3H8.C2H6/c1-6-13(3,4)12-8-10-14(5,7-2)11-9-12;1-3-2;1-2/h12H,6-11H2,1-5H3;3H2,1-2H3;1-2H3. The molecular weight excluding hydrogens is 228 g/mol. The fourth-order valence-electron chi connectivity index (χ4n) is 2.74. The summed E-state index contributed by atoms with van der Waals surface area (Å²) in [5, 5.41) is 0. The van der Waals surface area contributed by atoms with Gasteiger partial charge in [0.25, 0.3) is 0 Å². The van der Waals surface area contributed by atoms with Gasteiger partial charge in [0.15, 0.2) is 0 Å². The SMILES string of the molecule is CC.CCC.CCC1(C)CCC(C(C)(C)CC)CC1. The summed E-state index contributed by atoms with van der Waals surface area (Å²) in [7, 11) is 0. The van der Waals surface area contributed by atoms with Crippen molar-refractivity contribution in [1.29, 1.82) is 0 Å². The van der Waals surface area contributed by atoms with Gasteiger partial charge in [0.05, 0.1) is 0 Å². The van der Waals surface area contributed by atoms with Crippen LogP contribution in [0.2, 0.25) is 0 Å². The van der Waals surface area contributed by atoms with E-state index in [2.05, 4.69) is 48.5 Å². The molecule has 1 saturated carbocycles. The van der Waals surface area contributed by atoms with Gasteiger partial charge in [-0.2, -0.15) is 0 Å². The minimum atomic E-state index is 0.578. The zero-order valence-electron chi connectivity index (χ0n) is 15.5. The summed E-state index contributed by atoms with van der Waals surface area (Å²) in [6.07, 6.45) is 9.79. The third kappa shape index (κ3) is 8.00. The Hall–Kier alpha value is 0. The monoisotopic (exact) mass is 270 g/mol. The van der Waals surface area contributed by atoms with E-state index in [-0.39, 0.29) is 0 Å². The highest BCUT2D eigenvalue weighted by molar-refractivity contribution is 4.86. The van der Waals surface area contributed by atoms with E-state index >= 15 is 0 Å². The zero-order chi connectivity index (χ0) is 15.5. The lowest BCUT2D eigenvalue weighted by Gasteiger charge is -2.43. The molecular formula is C19H42.